The first-order valence-electron chi connectivity index (χ1n) is 17.2. The van der Waals surface area contributed by atoms with Crippen LogP contribution in [0.4, 0.5) is 34.1 Å². The lowest BCUT2D eigenvalue weighted by Gasteiger charge is -2.26. The predicted octanol–water partition coefficient (Wildman–Crippen LogP) is 13.1. The molecule has 0 fully saturated rings. The monoisotopic (exact) mass is 674 g/mol. The molecule has 0 N–H and O–H groups in total. The average Bonchev–Trinajstić information content (AvgIpc) is 3.20. The van der Waals surface area contributed by atoms with E-state index in [9.17, 15) is 4.79 Å². The summed E-state index contributed by atoms with van der Waals surface area (Å²) < 4.78 is 5.43. The molecule has 0 amide bonds. The summed E-state index contributed by atoms with van der Waals surface area (Å²) in [7, 11) is 0. The van der Waals surface area contributed by atoms with E-state index in [1.165, 1.54) is 5.56 Å². The zero-order chi connectivity index (χ0) is 35.9. The van der Waals surface area contributed by atoms with Crippen molar-refractivity contribution in [3.8, 4) is 28.0 Å². The molecule has 52 heavy (non-hydrogen) atoms. The second kappa shape index (κ2) is 15.3. The fourth-order valence-corrected chi connectivity index (χ4v) is 6.13. The molecule has 0 heterocycles. The van der Waals surface area contributed by atoms with Gasteiger partial charge in [0.25, 0.3) is 0 Å². The molecule has 252 valence electrons. The molecule has 0 saturated heterocycles. The molecular weight excluding hydrogens is 637 g/mol. The van der Waals surface area contributed by atoms with Gasteiger partial charge in [-0.25, -0.2) is 4.79 Å². The third-order valence-electron chi connectivity index (χ3n) is 8.87. The van der Waals surface area contributed by atoms with E-state index < -0.39 is 5.97 Å². The van der Waals surface area contributed by atoms with Gasteiger partial charge in [-0.05, 0) is 120 Å². The molecule has 7 rings (SSSR count). The zero-order valence-electron chi connectivity index (χ0n) is 29.0. The Morgan fingerprint density at radius 1 is 0.462 bits per heavy atom. The lowest BCUT2D eigenvalue weighted by Crippen LogP contribution is -2.11. The van der Waals surface area contributed by atoms with Gasteiger partial charge in [0.2, 0.25) is 0 Å². The van der Waals surface area contributed by atoms with Crippen LogP contribution < -0.4 is 14.5 Å². The number of esters is 1. The molecule has 0 radical (unpaired) electrons. The Balaban J connectivity index is 1.15. The number of hydrogen-bond donors (Lipinski definition) is 0. The quantitative estimate of drug-likeness (QED) is 0.0777. The third-order valence-corrected chi connectivity index (χ3v) is 8.87. The number of rotatable bonds is 11. The Labute approximate surface area is 305 Å². The molecule has 4 heteroatoms. The predicted molar refractivity (Wildman–Crippen MR) is 217 cm³/mol. The third kappa shape index (κ3) is 7.47. The van der Waals surface area contributed by atoms with Crippen molar-refractivity contribution in [1.29, 1.82) is 0 Å². The molecule has 0 atom stereocenters. The van der Waals surface area contributed by atoms with Crippen LogP contribution in [0.25, 0.3) is 28.3 Å². The van der Waals surface area contributed by atoms with Crippen molar-refractivity contribution < 1.29 is 9.53 Å². The first-order valence-corrected chi connectivity index (χ1v) is 17.2. The van der Waals surface area contributed by atoms with Gasteiger partial charge in [0.1, 0.15) is 5.75 Å². The van der Waals surface area contributed by atoms with Crippen LogP contribution in [-0.2, 0) is 4.79 Å². The summed E-state index contributed by atoms with van der Waals surface area (Å²) in [5.41, 5.74) is 12.2. The largest absolute Gasteiger partial charge is 0.423 e. The molecule has 0 aliphatic rings. The molecule has 0 aliphatic heterocycles. The van der Waals surface area contributed by atoms with Crippen molar-refractivity contribution >= 4 is 46.2 Å². The van der Waals surface area contributed by atoms with Crippen LogP contribution >= 0.6 is 0 Å². The lowest BCUT2D eigenvalue weighted by atomic mass is 10.0. The molecular formula is C48H38N2O2. The van der Waals surface area contributed by atoms with Gasteiger partial charge in [-0.15, -0.1) is 0 Å². The van der Waals surface area contributed by atoms with E-state index in [0.29, 0.717) is 11.3 Å². The lowest BCUT2D eigenvalue weighted by molar-refractivity contribution is -0.130. The smallest absolute Gasteiger partial charge is 0.338 e. The highest BCUT2D eigenvalue weighted by atomic mass is 16.5. The van der Waals surface area contributed by atoms with Gasteiger partial charge >= 0.3 is 5.97 Å². The van der Waals surface area contributed by atoms with Crippen LogP contribution in [0.2, 0.25) is 0 Å². The molecule has 7 aromatic rings. The van der Waals surface area contributed by atoms with E-state index in [2.05, 4.69) is 156 Å². The van der Waals surface area contributed by atoms with Crippen molar-refractivity contribution in [3.63, 3.8) is 0 Å². The Morgan fingerprint density at radius 2 is 0.769 bits per heavy atom. The number of nitrogens with zero attached hydrogens (tertiary/aromatic N) is 2. The van der Waals surface area contributed by atoms with Gasteiger partial charge in [0.05, 0.1) is 0 Å². The number of benzene rings is 7. The average molecular weight is 675 g/mol. The van der Waals surface area contributed by atoms with Crippen LogP contribution in [0.15, 0.2) is 201 Å². The first-order chi connectivity index (χ1) is 25.5. The SMILES string of the molecule is C=Cc1ccc(-c2ccc(N(c3ccccc3)c3ccc(-c4ccc(N(c5ccccc5)c5ccc(OC(=O)C(=C)C)cc5)cc4)cc3)cc2)cc1. The van der Waals surface area contributed by atoms with E-state index in [1.54, 1.807) is 19.1 Å². The van der Waals surface area contributed by atoms with Gasteiger partial charge in [-0.1, -0.05) is 116 Å². The van der Waals surface area contributed by atoms with E-state index in [-0.39, 0.29) is 0 Å². The van der Waals surface area contributed by atoms with Gasteiger partial charge in [0.15, 0.2) is 0 Å². The second-order valence-corrected chi connectivity index (χ2v) is 12.5. The minimum absolute atomic E-state index is 0.357. The number of anilines is 6. The highest BCUT2D eigenvalue weighted by Gasteiger charge is 2.15. The van der Waals surface area contributed by atoms with E-state index >= 15 is 0 Å². The fourth-order valence-electron chi connectivity index (χ4n) is 6.13. The van der Waals surface area contributed by atoms with E-state index in [1.807, 2.05) is 42.5 Å². The van der Waals surface area contributed by atoms with Crippen LogP contribution in [0.5, 0.6) is 5.75 Å². The molecule has 0 aromatic heterocycles. The van der Waals surface area contributed by atoms with E-state index in [0.717, 1.165) is 56.4 Å². The molecule has 0 unspecified atom stereocenters. The van der Waals surface area contributed by atoms with Crippen molar-refractivity contribution in [1.82, 2.24) is 0 Å². The highest BCUT2D eigenvalue weighted by molar-refractivity contribution is 5.89. The minimum Gasteiger partial charge on any atom is -0.423 e. The van der Waals surface area contributed by atoms with E-state index in [4.69, 9.17) is 4.74 Å². The minimum atomic E-state index is -0.440. The summed E-state index contributed by atoms with van der Waals surface area (Å²) in [6.45, 7) is 9.17. The summed E-state index contributed by atoms with van der Waals surface area (Å²) in [4.78, 5) is 16.5. The summed E-state index contributed by atoms with van der Waals surface area (Å²) in [5, 5.41) is 0. The molecule has 0 spiro atoms. The van der Waals surface area contributed by atoms with Crippen molar-refractivity contribution in [2.24, 2.45) is 0 Å². The second-order valence-electron chi connectivity index (χ2n) is 12.5. The Kier molecular flexibility index (Phi) is 9.90. The number of carbonyl (C=O) groups is 1. The standard InChI is InChI=1S/C48H38N2O2/c1-4-36-15-17-37(18-16-36)38-19-25-43(26-20-38)49(41-11-7-5-8-12-41)44-27-21-39(22-28-44)40-23-29-45(30-24-40)50(42-13-9-6-10-14-42)46-31-33-47(34-32-46)52-48(51)35(2)3/h4-34H,1-2H2,3H3. The Bertz CT molecular complexity index is 2280. The number of hydrogen-bond acceptors (Lipinski definition) is 4. The van der Waals surface area contributed by atoms with Gasteiger partial charge in [-0.2, -0.15) is 0 Å². The maximum absolute atomic E-state index is 12.0. The van der Waals surface area contributed by atoms with Crippen LogP contribution in [0.3, 0.4) is 0 Å². The van der Waals surface area contributed by atoms with Crippen molar-refractivity contribution in [3.05, 3.63) is 206 Å². The highest BCUT2D eigenvalue weighted by Crippen LogP contribution is 2.39. The maximum atomic E-state index is 12.0. The first kappa shape index (κ1) is 33.6. The van der Waals surface area contributed by atoms with Gasteiger partial charge < -0.3 is 14.5 Å². The molecule has 4 nitrogen and oxygen atoms in total. The maximum Gasteiger partial charge on any atom is 0.338 e. The molecule has 7 aromatic carbocycles. The summed E-state index contributed by atoms with van der Waals surface area (Å²) in [5.74, 6) is 0.0330. The summed E-state index contributed by atoms with van der Waals surface area (Å²) in [6.07, 6.45) is 1.86. The Morgan fingerprint density at radius 3 is 1.10 bits per heavy atom. The van der Waals surface area contributed by atoms with Crippen LogP contribution in [-0.4, -0.2) is 5.97 Å². The van der Waals surface area contributed by atoms with Crippen molar-refractivity contribution in [2.45, 2.75) is 6.92 Å². The fraction of sp³-hybridized carbons (Fsp3) is 0.0208. The molecule has 0 aliphatic carbocycles. The van der Waals surface area contributed by atoms with Gasteiger partial charge in [0, 0.05) is 39.7 Å². The normalized spacial score (nSPS) is 10.6. The van der Waals surface area contributed by atoms with Crippen LogP contribution in [0, 0.1) is 0 Å². The Hall–Kier alpha value is -6.91. The summed E-state index contributed by atoms with van der Waals surface area (Å²) >= 11 is 0. The molecule has 0 saturated carbocycles. The van der Waals surface area contributed by atoms with Crippen LogP contribution in [0.1, 0.15) is 12.5 Å². The number of para-hydroxylation sites is 2. The summed E-state index contributed by atoms with van der Waals surface area (Å²) in [6, 6.07) is 62.6. The topological polar surface area (TPSA) is 32.8 Å². The zero-order valence-corrected chi connectivity index (χ0v) is 29.0. The number of ether oxygens (including phenoxy) is 1. The molecule has 0 bridgehead atoms. The number of carbonyl (C=O) groups excluding carboxylic acids is 1. The van der Waals surface area contributed by atoms with Gasteiger partial charge in [-0.3, -0.25) is 0 Å². The van der Waals surface area contributed by atoms with Crippen molar-refractivity contribution in [2.75, 3.05) is 9.80 Å².